The van der Waals surface area contributed by atoms with Gasteiger partial charge in [0.05, 0.1) is 12.1 Å². The molecule has 1 aromatic carbocycles. The van der Waals surface area contributed by atoms with Crippen LogP contribution in [0.15, 0.2) is 36.7 Å². The molecule has 2 unspecified atom stereocenters. The fourth-order valence-electron chi connectivity index (χ4n) is 2.47. The lowest BCUT2D eigenvalue weighted by Crippen LogP contribution is -2.27. The van der Waals surface area contributed by atoms with Crippen molar-refractivity contribution in [3.63, 3.8) is 0 Å². The Kier molecular flexibility index (Phi) is 2.80. The molecule has 2 atom stereocenters. The van der Waals surface area contributed by atoms with Crippen LogP contribution in [-0.2, 0) is 7.05 Å². The number of nitrogens with zero attached hydrogens (tertiary/aromatic N) is 2. The lowest BCUT2D eigenvalue weighted by molar-refractivity contribution is 0.298. The molecule has 94 valence electrons. The van der Waals surface area contributed by atoms with Crippen LogP contribution in [0.1, 0.15) is 30.4 Å². The second-order valence-corrected chi connectivity index (χ2v) is 4.69. The molecule has 0 aliphatic carbocycles. The predicted molar refractivity (Wildman–Crippen MR) is 69.4 cm³/mol. The Labute approximate surface area is 107 Å². The monoisotopic (exact) mass is 243 g/mol. The van der Waals surface area contributed by atoms with E-state index in [2.05, 4.69) is 23.3 Å². The Balaban J connectivity index is 1.77. The van der Waals surface area contributed by atoms with Crippen LogP contribution < -0.4 is 10.1 Å². The predicted octanol–water partition coefficient (Wildman–Crippen LogP) is 2.20. The van der Waals surface area contributed by atoms with Crippen molar-refractivity contribution in [2.75, 3.05) is 6.61 Å². The summed E-state index contributed by atoms with van der Waals surface area (Å²) in [6.07, 6.45) is 3.79. The van der Waals surface area contributed by atoms with Gasteiger partial charge < -0.3 is 9.30 Å². The van der Waals surface area contributed by atoms with Gasteiger partial charge in [-0.15, -0.1) is 0 Å². The largest absolute Gasteiger partial charge is 0.491 e. The van der Waals surface area contributed by atoms with Crippen molar-refractivity contribution >= 4 is 0 Å². The lowest BCUT2D eigenvalue weighted by Gasteiger charge is -2.18. The van der Waals surface area contributed by atoms with Gasteiger partial charge >= 0.3 is 0 Å². The van der Waals surface area contributed by atoms with E-state index in [9.17, 15) is 0 Å². The van der Waals surface area contributed by atoms with Crippen molar-refractivity contribution in [2.24, 2.45) is 7.05 Å². The Bertz CT molecular complexity index is 549. The van der Waals surface area contributed by atoms with Gasteiger partial charge in [0.1, 0.15) is 18.2 Å². The van der Waals surface area contributed by atoms with E-state index in [0.29, 0.717) is 6.61 Å². The molecule has 3 rings (SSSR count). The van der Waals surface area contributed by atoms with E-state index >= 15 is 0 Å². The molecule has 1 aliphatic rings. The summed E-state index contributed by atoms with van der Waals surface area (Å²) in [5.41, 5.74) is 1.23. The normalized spacial score (nSPS) is 19.3. The third-order valence-electron chi connectivity index (χ3n) is 3.40. The summed E-state index contributed by atoms with van der Waals surface area (Å²) in [4.78, 5) is 4.37. The van der Waals surface area contributed by atoms with Crippen LogP contribution in [-0.4, -0.2) is 16.2 Å². The third-order valence-corrected chi connectivity index (χ3v) is 3.40. The highest BCUT2D eigenvalue weighted by Crippen LogP contribution is 2.33. The number of hydrogen-bond donors (Lipinski definition) is 1. The van der Waals surface area contributed by atoms with E-state index in [0.717, 1.165) is 11.6 Å². The van der Waals surface area contributed by atoms with E-state index < -0.39 is 0 Å². The molecular weight excluding hydrogens is 226 g/mol. The van der Waals surface area contributed by atoms with E-state index in [1.165, 1.54) is 5.56 Å². The summed E-state index contributed by atoms with van der Waals surface area (Å²) < 4.78 is 7.71. The average molecular weight is 243 g/mol. The SMILES string of the molecule is CC(NC1COc2ccccc21)c1nccn1C. The van der Waals surface area contributed by atoms with E-state index in [-0.39, 0.29) is 12.1 Å². The van der Waals surface area contributed by atoms with E-state index in [4.69, 9.17) is 4.74 Å². The molecule has 18 heavy (non-hydrogen) atoms. The number of nitrogens with one attached hydrogen (secondary N) is 1. The maximum absolute atomic E-state index is 5.67. The van der Waals surface area contributed by atoms with Gasteiger partial charge in [0.15, 0.2) is 0 Å². The standard InChI is InChI=1S/C14H17N3O/c1-10(14-15-7-8-17(14)2)16-12-9-18-13-6-4-3-5-11(12)13/h3-8,10,12,16H,9H2,1-2H3. The zero-order chi connectivity index (χ0) is 12.5. The molecule has 0 saturated carbocycles. The molecule has 1 N–H and O–H groups in total. The van der Waals surface area contributed by atoms with Gasteiger partial charge in [0, 0.05) is 25.0 Å². The minimum Gasteiger partial charge on any atom is -0.491 e. The summed E-state index contributed by atoms with van der Waals surface area (Å²) >= 11 is 0. The molecule has 4 nitrogen and oxygen atoms in total. The maximum atomic E-state index is 5.67. The Hall–Kier alpha value is -1.81. The first-order valence-electron chi connectivity index (χ1n) is 6.20. The maximum Gasteiger partial charge on any atom is 0.125 e. The number of benzene rings is 1. The quantitative estimate of drug-likeness (QED) is 0.898. The summed E-state index contributed by atoms with van der Waals surface area (Å²) in [6, 6.07) is 8.63. The first kappa shape index (κ1) is 11.3. The van der Waals surface area contributed by atoms with Crippen molar-refractivity contribution in [1.29, 1.82) is 0 Å². The van der Waals surface area contributed by atoms with Crippen LogP contribution in [0.3, 0.4) is 0 Å². The topological polar surface area (TPSA) is 39.1 Å². The zero-order valence-corrected chi connectivity index (χ0v) is 10.6. The van der Waals surface area contributed by atoms with Crippen molar-refractivity contribution < 1.29 is 4.74 Å². The minimum absolute atomic E-state index is 0.199. The molecule has 2 heterocycles. The number of rotatable bonds is 3. The number of ether oxygens (including phenoxy) is 1. The van der Waals surface area contributed by atoms with Gasteiger partial charge in [-0.1, -0.05) is 18.2 Å². The highest BCUT2D eigenvalue weighted by atomic mass is 16.5. The molecule has 1 aliphatic heterocycles. The van der Waals surface area contributed by atoms with Crippen LogP contribution in [0.25, 0.3) is 0 Å². The highest BCUT2D eigenvalue weighted by Gasteiger charge is 2.25. The highest BCUT2D eigenvalue weighted by molar-refractivity contribution is 5.39. The second kappa shape index (κ2) is 4.46. The Morgan fingerprint density at radius 3 is 3.06 bits per heavy atom. The van der Waals surface area contributed by atoms with Crippen LogP contribution in [0.4, 0.5) is 0 Å². The summed E-state index contributed by atoms with van der Waals surface area (Å²) in [6.45, 7) is 2.82. The number of para-hydroxylation sites is 1. The van der Waals surface area contributed by atoms with Gasteiger partial charge in [-0.3, -0.25) is 5.32 Å². The summed E-state index contributed by atoms with van der Waals surface area (Å²) in [7, 11) is 2.01. The minimum atomic E-state index is 0.199. The molecule has 4 heteroatoms. The lowest BCUT2D eigenvalue weighted by atomic mass is 10.1. The molecule has 0 fully saturated rings. The fourth-order valence-corrected chi connectivity index (χ4v) is 2.47. The number of aryl methyl sites for hydroxylation is 1. The Morgan fingerprint density at radius 1 is 1.44 bits per heavy atom. The number of aromatic nitrogens is 2. The van der Waals surface area contributed by atoms with Gasteiger partial charge in [-0.05, 0) is 13.0 Å². The number of fused-ring (bicyclic) bond motifs is 1. The van der Waals surface area contributed by atoms with Crippen LogP contribution in [0.5, 0.6) is 5.75 Å². The summed E-state index contributed by atoms with van der Waals surface area (Å²) in [5.74, 6) is 2.03. The average Bonchev–Trinajstić information content (AvgIpc) is 2.97. The number of imidazole rings is 1. The molecule has 0 saturated heterocycles. The summed E-state index contributed by atoms with van der Waals surface area (Å²) in [5, 5.41) is 3.57. The third kappa shape index (κ3) is 1.88. The van der Waals surface area contributed by atoms with Crippen molar-refractivity contribution in [1.82, 2.24) is 14.9 Å². The smallest absolute Gasteiger partial charge is 0.125 e. The van der Waals surface area contributed by atoms with Crippen LogP contribution in [0.2, 0.25) is 0 Å². The molecule has 0 amide bonds. The van der Waals surface area contributed by atoms with E-state index in [1.807, 2.05) is 42.2 Å². The van der Waals surface area contributed by atoms with Gasteiger partial charge in [-0.25, -0.2) is 4.98 Å². The first-order chi connectivity index (χ1) is 8.75. The van der Waals surface area contributed by atoms with Gasteiger partial charge in [-0.2, -0.15) is 0 Å². The molecular formula is C14H17N3O. The molecule has 0 radical (unpaired) electrons. The fraction of sp³-hybridized carbons (Fsp3) is 0.357. The first-order valence-corrected chi connectivity index (χ1v) is 6.20. The number of hydrogen-bond acceptors (Lipinski definition) is 3. The van der Waals surface area contributed by atoms with Crippen LogP contribution >= 0.6 is 0 Å². The molecule has 2 aromatic rings. The van der Waals surface area contributed by atoms with Crippen LogP contribution in [0, 0.1) is 0 Å². The van der Waals surface area contributed by atoms with Crippen molar-refractivity contribution in [3.05, 3.63) is 48.0 Å². The van der Waals surface area contributed by atoms with Gasteiger partial charge in [0.2, 0.25) is 0 Å². The molecule has 0 spiro atoms. The van der Waals surface area contributed by atoms with Crippen molar-refractivity contribution in [3.8, 4) is 5.75 Å². The van der Waals surface area contributed by atoms with Crippen molar-refractivity contribution in [2.45, 2.75) is 19.0 Å². The van der Waals surface area contributed by atoms with E-state index in [1.54, 1.807) is 0 Å². The molecule has 0 bridgehead atoms. The Morgan fingerprint density at radius 2 is 2.28 bits per heavy atom. The molecule has 1 aromatic heterocycles. The zero-order valence-electron chi connectivity index (χ0n) is 10.6. The van der Waals surface area contributed by atoms with Gasteiger partial charge in [0.25, 0.3) is 0 Å². The second-order valence-electron chi connectivity index (χ2n) is 4.69.